The highest BCUT2D eigenvalue weighted by Crippen LogP contribution is 2.24. The lowest BCUT2D eigenvalue weighted by molar-refractivity contribution is -0.135. The summed E-state index contributed by atoms with van der Waals surface area (Å²) >= 11 is 0. The second-order valence-electron chi connectivity index (χ2n) is 5.31. The average molecular weight is 266 g/mol. The van der Waals surface area contributed by atoms with E-state index < -0.39 is 6.10 Å². The summed E-state index contributed by atoms with van der Waals surface area (Å²) in [5.74, 6) is 0.418. The summed E-state index contributed by atoms with van der Waals surface area (Å²) in [6.07, 6.45) is -0.554. The zero-order valence-electron chi connectivity index (χ0n) is 12.1. The Morgan fingerprint density at radius 2 is 2.00 bits per heavy atom. The first-order valence-corrected chi connectivity index (χ1v) is 6.15. The Labute approximate surface area is 114 Å². The van der Waals surface area contributed by atoms with Gasteiger partial charge < -0.3 is 20.5 Å². The fourth-order valence-corrected chi connectivity index (χ4v) is 1.60. The second-order valence-corrected chi connectivity index (χ2v) is 5.31. The van der Waals surface area contributed by atoms with Crippen molar-refractivity contribution in [2.24, 2.45) is 0 Å². The third-order valence-electron chi connectivity index (χ3n) is 2.42. The van der Waals surface area contributed by atoms with Crippen molar-refractivity contribution in [2.45, 2.75) is 39.4 Å². The Bertz CT molecular complexity index is 452. The van der Waals surface area contributed by atoms with Gasteiger partial charge in [0.2, 0.25) is 0 Å². The van der Waals surface area contributed by atoms with Crippen LogP contribution in [0, 0.1) is 0 Å². The molecule has 0 aliphatic heterocycles. The van der Waals surface area contributed by atoms with E-state index in [9.17, 15) is 4.79 Å². The van der Waals surface area contributed by atoms with Gasteiger partial charge >= 0.3 is 0 Å². The van der Waals surface area contributed by atoms with E-state index in [-0.39, 0.29) is 11.5 Å². The first-order valence-electron chi connectivity index (χ1n) is 6.15. The first-order chi connectivity index (χ1) is 8.73. The minimum atomic E-state index is -0.554. The van der Waals surface area contributed by atoms with Crippen molar-refractivity contribution >= 4 is 17.3 Å². The number of hydrogen-bond acceptors (Lipinski definition) is 4. The molecule has 1 unspecified atom stereocenters. The summed E-state index contributed by atoms with van der Waals surface area (Å²) in [6, 6.07) is 5.10. The lowest BCUT2D eigenvalue weighted by atomic mass is 10.2. The molecule has 1 aromatic rings. The molecule has 19 heavy (non-hydrogen) atoms. The van der Waals surface area contributed by atoms with Gasteiger partial charge in [0.05, 0.1) is 24.1 Å². The van der Waals surface area contributed by atoms with Crippen LogP contribution in [0.3, 0.4) is 0 Å². The summed E-state index contributed by atoms with van der Waals surface area (Å²) in [4.78, 5) is 12.0. The van der Waals surface area contributed by atoms with Crippen LogP contribution in [0.2, 0.25) is 0 Å². The normalized spacial score (nSPS) is 12.9. The molecule has 106 valence electrons. The number of hydrogen-bond donors (Lipinski definition) is 2. The van der Waals surface area contributed by atoms with Crippen molar-refractivity contribution in [1.29, 1.82) is 0 Å². The van der Waals surface area contributed by atoms with Crippen LogP contribution < -0.4 is 15.8 Å². The maximum atomic E-state index is 12.0. The lowest BCUT2D eigenvalue weighted by Crippen LogP contribution is -2.34. The smallest absolute Gasteiger partial charge is 0.253 e. The Balaban J connectivity index is 2.72. The molecule has 5 nitrogen and oxygen atoms in total. The van der Waals surface area contributed by atoms with Crippen LogP contribution in [0.5, 0.6) is 5.75 Å². The molecule has 1 aromatic carbocycles. The minimum Gasteiger partial charge on any atom is -0.497 e. The van der Waals surface area contributed by atoms with Crippen molar-refractivity contribution in [3.8, 4) is 5.75 Å². The highest BCUT2D eigenvalue weighted by molar-refractivity contribution is 5.96. The number of carbonyl (C=O) groups is 1. The van der Waals surface area contributed by atoms with Crippen LogP contribution in [-0.4, -0.2) is 24.7 Å². The summed E-state index contributed by atoms with van der Waals surface area (Å²) < 4.78 is 10.6. The van der Waals surface area contributed by atoms with E-state index in [1.165, 1.54) is 0 Å². The van der Waals surface area contributed by atoms with E-state index in [1.807, 2.05) is 20.8 Å². The van der Waals surface area contributed by atoms with E-state index in [2.05, 4.69) is 5.32 Å². The van der Waals surface area contributed by atoms with E-state index in [0.29, 0.717) is 17.1 Å². The van der Waals surface area contributed by atoms with Crippen molar-refractivity contribution in [2.75, 3.05) is 18.2 Å². The summed E-state index contributed by atoms with van der Waals surface area (Å²) in [6.45, 7) is 7.41. The molecule has 1 amide bonds. The Kier molecular flexibility index (Phi) is 4.78. The van der Waals surface area contributed by atoms with E-state index in [4.69, 9.17) is 15.2 Å². The Hall–Kier alpha value is -1.75. The fourth-order valence-electron chi connectivity index (χ4n) is 1.60. The molecule has 0 bridgehead atoms. The number of methoxy groups -OCH3 is 1. The molecule has 0 aliphatic carbocycles. The average Bonchev–Trinajstić information content (AvgIpc) is 2.29. The third kappa shape index (κ3) is 4.79. The predicted octanol–water partition coefficient (Wildman–Crippen LogP) is 2.42. The minimum absolute atomic E-state index is 0.230. The number of nitrogens with one attached hydrogen (secondary N) is 1. The van der Waals surface area contributed by atoms with Crippen molar-refractivity contribution in [1.82, 2.24) is 0 Å². The Morgan fingerprint density at radius 3 is 2.47 bits per heavy atom. The molecular formula is C14H22N2O3. The number of anilines is 2. The fraction of sp³-hybridized carbons (Fsp3) is 0.500. The Morgan fingerprint density at radius 1 is 1.37 bits per heavy atom. The van der Waals surface area contributed by atoms with Gasteiger partial charge in [-0.15, -0.1) is 0 Å². The van der Waals surface area contributed by atoms with Crippen molar-refractivity contribution in [3.05, 3.63) is 18.2 Å². The standard InChI is InChI=1S/C14H22N2O3/c1-9(19-14(2,3)4)13(17)16-12-7-6-10(18-5)8-11(12)15/h6-9H,15H2,1-5H3,(H,16,17). The van der Waals surface area contributed by atoms with Gasteiger partial charge in [-0.05, 0) is 39.8 Å². The van der Waals surface area contributed by atoms with Crippen molar-refractivity contribution < 1.29 is 14.3 Å². The molecule has 0 spiro atoms. The number of carbonyl (C=O) groups excluding carboxylic acids is 1. The quantitative estimate of drug-likeness (QED) is 0.821. The van der Waals surface area contributed by atoms with E-state index in [1.54, 1.807) is 32.2 Å². The van der Waals surface area contributed by atoms with Gasteiger partial charge in [-0.2, -0.15) is 0 Å². The monoisotopic (exact) mass is 266 g/mol. The molecule has 0 heterocycles. The predicted molar refractivity (Wildman–Crippen MR) is 76.3 cm³/mol. The molecule has 0 saturated heterocycles. The SMILES string of the molecule is COc1ccc(NC(=O)C(C)OC(C)(C)C)c(N)c1. The maximum absolute atomic E-state index is 12.0. The molecule has 5 heteroatoms. The zero-order valence-corrected chi connectivity index (χ0v) is 12.1. The summed E-state index contributed by atoms with van der Waals surface area (Å²) in [5.41, 5.74) is 6.47. The summed E-state index contributed by atoms with van der Waals surface area (Å²) in [7, 11) is 1.56. The molecule has 0 aliphatic rings. The van der Waals surface area contributed by atoms with Crippen LogP contribution in [-0.2, 0) is 9.53 Å². The third-order valence-corrected chi connectivity index (χ3v) is 2.42. The lowest BCUT2D eigenvalue weighted by Gasteiger charge is -2.24. The van der Waals surface area contributed by atoms with Gasteiger partial charge in [-0.3, -0.25) is 4.79 Å². The van der Waals surface area contributed by atoms with Crippen LogP contribution in [0.15, 0.2) is 18.2 Å². The second kappa shape index (κ2) is 5.93. The van der Waals surface area contributed by atoms with Gasteiger partial charge in [-0.25, -0.2) is 0 Å². The molecule has 0 aromatic heterocycles. The molecule has 0 fully saturated rings. The number of ether oxygens (including phenoxy) is 2. The van der Waals surface area contributed by atoms with Gasteiger partial charge in [-0.1, -0.05) is 0 Å². The topological polar surface area (TPSA) is 73.6 Å². The van der Waals surface area contributed by atoms with Gasteiger partial charge in [0.1, 0.15) is 11.9 Å². The molecule has 1 atom stereocenters. The molecule has 0 saturated carbocycles. The van der Waals surface area contributed by atoms with Gasteiger partial charge in [0, 0.05) is 6.07 Å². The molecule has 0 radical (unpaired) electrons. The highest BCUT2D eigenvalue weighted by Gasteiger charge is 2.21. The summed E-state index contributed by atoms with van der Waals surface area (Å²) in [5, 5.41) is 2.74. The van der Waals surface area contributed by atoms with Gasteiger partial charge in [0.25, 0.3) is 5.91 Å². The number of nitrogens with two attached hydrogens (primary N) is 1. The zero-order chi connectivity index (χ0) is 14.6. The van der Waals surface area contributed by atoms with Crippen LogP contribution in [0.4, 0.5) is 11.4 Å². The highest BCUT2D eigenvalue weighted by atomic mass is 16.5. The number of amides is 1. The van der Waals surface area contributed by atoms with E-state index >= 15 is 0 Å². The van der Waals surface area contributed by atoms with Gasteiger partial charge in [0.15, 0.2) is 0 Å². The van der Waals surface area contributed by atoms with Crippen LogP contribution >= 0.6 is 0 Å². The first kappa shape index (κ1) is 15.3. The van der Waals surface area contributed by atoms with Crippen molar-refractivity contribution in [3.63, 3.8) is 0 Å². The van der Waals surface area contributed by atoms with Crippen LogP contribution in [0.1, 0.15) is 27.7 Å². The number of benzene rings is 1. The molecule has 3 N–H and O–H groups in total. The molecule has 1 rings (SSSR count). The largest absolute Gasteiger partial charge is 0.497 e. The molecular weight excluding hydrogens is 244 g/mol. The number of nitrogen functional groups attached to an aromatic ring is 1. The number of rotatable bonds is 4. The maximum Gasteiger partial charge on any atom is 0.253 e. The van der Waals surface area contributed by atoms with E-state index in [0.717, 1.165) is 0 Å². The van der Waals surface area contributed by atoms with Crippen LogP contribution in [0.25, 0.3) is 0 Å².